The second-order valence-electron chi connectivity index (χ2n) is 5.90. The van der Waals surface area contributed by atoms with Gasteiger partial charge in [0.05, 0.1) is 31.8 Å². The van der Waals surface area contributed by atoms with Crippen molar-refractivity contribution in [2.45, 2.75) is 20.0 Å². The van der Waals surface area contributed by atoms with E-state index in [0.29, 0.717) is 0 Å². The number of hydrogen-bond acceptors (Lipinski definition) is 6. The Bertz CT molecular complexity index is 1130. The van der Waals surface area contributed by atoms with Crippen molar-refractivity contribution in [2.75, 3.05) is 20.3 Å². The maximum atomic E-state index is 13.7. The number of hydrogen-bond donors (Lipinski definition) is 0. The summed E-state index contributed by atoms with van der Waals surface area (Å²) in [5.41, 5.74) is -1.03. The van der Waals surface area contributed by atoms with Gasteiger partial charge in [-0.15, -0.1) is 0 Å². The Hall–Kier alpha value is -3.27. The molecule has 28 heavy (non-hydrogen) atoms. The van der Waals surface area contributed by atoms with Crippen molar-refractivity contribution in [1.82, 2.24) is 18.7 Å². The monoisotopic (exact) mass is 390 g/mol. The second kappa shape index (κ2) is 8.17. The third-order valence-electron chi connectivity index (χ3n) is 4.09. The molecule has 2 aromatic heterocycles. The molecule has 0 saturated heterocycles. The number of halogens is 1. The summed E-state index contributed by atoms with van der Waals surface area (Å²) in [6.45, 7) is 1.73. The first-order valence-electron chi connectivity index (χ1n) is 8.59. The Balaban J connectivity index is 2.29. The van der Waals surface area contributed by atoms with Crippen molar-refractivity contribution >= 4 is 17.1 Å². The van der Waals surface area contributed by atoms with E-state index in [1.807, 2.05) is 0 Å². The first kappa shape index (κ1) is 19.5. The van der Waals surface area contributed by atoms with E-state index in [1.54, 1.807) is 6.92 Å². The van der Waals surface area contributed by atoms with Crippen LogP contribution in [-0.4, -0.2) is 45.0 Å². The number of ether oxygens (including phenoxy) is 2. The lowest BCUT2D eigenvalue weighted by Crippen LogP contribution is -2.41. The normalized spacial score (nSPS) is 11.1. The van der Waals surface area contributed by atoms with Gasteiger partial charge in [-0.2, -0.15) is 0 Å². The summed E-state index contributed by atoms with van der Waals surface area (Å²) in [4.78, 5) is 41.9. The molecule has 3 rings (SSSR count). The number of imidazole rings is 1. The fourth-order valence-electron chi connectivity index (χ4n) is 2.87. The zero-order chi connectivity index (χ0) is 20.3. The topological polar surface area (TPSA) is 97.4 Å². The molecule has 10 heteroatoms. The number of carbonyl (C=O) groups is 1. The molecule has 0 atom stereocenters. The molecule has 0 saturated carbocycles. The maximum absolute atomic E-state index is 13.7. The molecule has 0 radical (unpaired) electrons. The lowest BCUT2D eigenvalue weighted by atomic mass is 10.3. The van der Waals surface area contributed by atoms with Gasteiger partial charge in [-0.05, 0) is 25.1 Å². The minimum Gasteiger partial charge on any atom is -0.465 e. The predicted molar refractivity (Wildman–Crippen MR) is 98.1 cm³/mol. The maximum Gasteiger partial charge on any atom is 0.337 e. The van der Waals surface area contributed by atoms with E-state index < -0.39 is 23.0 Å². The summed E-state index contributed by atoms with van der Waals surface area (Å²) in [5.74, 6) is -1.09. The van der Waals surface area contributed by atoms with E-state index >= 15 is 0 Å². The molecule has 2 heterocycles. The van der Waals surface area contributed by atoms with Gasteiger partial charge in [0.1, 0.15) is 12.4 Å². The fourth-order valence-corrected chi connectivity index (χ4v) is 2.87. The highest BCUT2D eigenvalue weighted by atomic mass is 19.1. The summed E-state index contributed by atoms with van der Waals surface area (Å²) in [6.07, 6.45) is 1.28. The molecule has 0 unspecified atom stereocenters. The van der Waals surface area contributed by atoms with Gasteiger partial charge < -0.3 is 14.0 Å². The average Bonchev–Trinajstić information content (AvgIpc) is 3.05. The van der Waals surface area contributed by atoms with E-state index in [4.69, 9.17) is 9.47 Å². The SMILES string of the molecule is CCOC(=O)Cn1cnc2c1c(=O)n(CCOC)c(=O)n2-c1cccc(F)c1. The number of methoxy groups -OCH3 is 1. The van der Waals surface area contributed by atoms with Crippen LogP contribution >= 0.6 is 0 Å². The summed E-state index contributed by atoms with van der Waals surface area (Å²) in [5, 5.41) is 0. The van der Waals surface area contributed by atoms with Crippen LogP contribution < -0.4 is 11.2 Å². The molecule has 0 aliphatic rings. The molecule has 0 fully saturated rings. The molecule has 0 amide bonds. The van der Waals surface area contributed by atoms with E-state index in [0.717, 1.165) is 15.2 Å². The van der Waals surface area contributed by atoms with Gasteiger partial charge in [0, 0.05) is 7.11 Å². The Labute approximate surface area is 158 Å². The van der Waals surface area contributed by atoms with Gasteiger partial charge in [0.2, 0.25) is 0 Å². The van der Waals surface area contributed by atoms with Crippen LogP contribution in [0.15, 0.2) is 40.2 Å². The van der Waals surface area contributed by atoms with Gasteiger partial charge in [-0.3, -0.25) is 14.2 Å². The largest absolute Gasteiger partial charge is 0.465 e. The molecular formula is C18H19FN4O5. The molecule has 9 nitrogen and oxygen atoms in total. The van der Waals surface area contributed by atoms with Gasteiger partial charge >= 0.3 is 11.7 Å². The Morgan fingerprint density at radius 3 is 2.75 bits per heavy atom. The lowest BCUT2D eigenvalue weighted by Gasteiger charge is -2.12. The highest BCUT2D eigenvalue weighted by Gasteiger charge is 2.20. The third kappa shape index (κ3) is 3.58. The Morgan fingerprint density at radius 2 is 2.07 bits per heavy atom. The number of benzene rings is 1. The molecule has 3 aromatic rings. The van der Waals surface area contributed by atoms with E-state index in [1.165, 1.54) is 36.2 Å². The number of fused-ring (bicyclic) bond motifs is 1. The third-order valence-corrected chi connectivity index (χ3v) is 4.09. The van der Waals surface area contributed by atoms with Gasteiger partial charge in [0.25, 0.3) is 5.56 Å². The van der Waals surface area contributed by atoms with Gasteiger partial charge in [-0.1, -0.05) is 6.07 Å². The quantitative estimate of drug-likeness (QED) is 0.551. The molecule has 0 spiro atoms. The van der Waals surface area contributed by atoms with Gasteiger partial charge in [0.15, 0.2) is 11.2 Å². The predicted octanol–water partition coefficient (Wildman–Crippen LogP) is 0.698. The first-order valence-corrected chi connectivity index (χ1v) is 8.59. The van der Waals surface area contributed by atoms with Gasteiger partial charge in [-0.25, -0.2) is 18.7 Å². The zero-order valence-electron chi connectivity index (χ0n) is 15.4. The van der Waals surface area contributed by atoms with Crippen molar-refractivity contribution in [1.29, 1.82) is 0 Å². The van der Waals surface area contributed by atoms with Crippen molar-refractivity contribution in [3.05, 3.63) is 57.2 Å². The number of esters is 1. The highest BCUT2D eigenvalue weighted by molar-refractivity contribution is 5.76. The van der Waals surface area contributed by atoms with E-state index in [2.05, 4.69) is 4.98 Å². The Morgan fingerprint density at radius 1 is 1.29 bits per heavy atom. The van der Waals surface area contributed by atoms with Crippen LogP contribution in [0, 0.1) is 5.82 Å². The molecule has 0 aliphatic heterocycles. The zero-order valence-corrected chi connectivity index (χ0v) is 15.4. The average molecular weight is 390 g/mol. The molecule has 148 valence electrons. The number of aromatic nitrogens is 4. The van der Waals surface area contributed by atoms with Crippen LogP contribution in [0.3, 0.4) is 0 Å². The summed E-state index contributed by atoms with van der Waals surface area (Å²) < 4.78 is 27.1. The second-order valence-corrected chi connectivity index (χ2v) is 5.90. The molecule has 1 aromatic carbocycles. The molecule has 0 bridgehead atoms. The minimum absolute atomic E-state index is 0.00991. The van der Waals surface area contributed by atoms with Crippen molar-refractivity contribution in [2.24, 2.45) is 0 Å². The molecular weight excluding hydrogens is 371 g/mol. The van der Waals surface area contributed by atoms with Crippen LogP contribution in [0.4, 0.5) is 4.39 Å². The standard InChI is InChI=1S/C18H19FN4O5/c1-3-28-14(24)10-21-11-20-16-15(21)17(25)22(7-8-27-2)18(26)23(16)13-6-4-5-12(19)9-13/h4-6,9,11H,3,7-8,10H2,1-2H3. The fraction of sp³-hybridized carbons (Fsp3) is 0.333. The van der Waals surface area contributed by atoms with Crippen LogP contribution in [0.1, 0.15) is 6.92 Å². The summed E-state index contributed by atoms with van der Waals surface area (Å²) >= 11 is 0. The van der Waals surface area contributed by atoms with Crippen molar-refractivity contribution < 1.29 is 18.7 Å². The summed E-state index contributed by atoms with van der Waals surface area (Å²) in [7, 11) is 1.44. The number of nitrogens with zero attached hydrogens (tertiary/aromatic N) is 4. The van der Waals surface area contributed by atoms with Crippen LogP contribution in [-0.2, 0) is 27.4 Å². The first-order chi connectivity index (χ1) is 13.5. The highest BCUT2D eigenvalue weighted by Crippen LogP contribution is 2.14. The molecule has 0 N–H and O–H groups in total. The van der Waals surface area contributed by atoms with Crippen molar-refractivity contribution in [3.8, 4) is 5.69 Å². The van der Waals surface area contributed by atoms with Crippen LogP contribution in [0.2, 0.25) is 0 Å². The Kier molecular flexibility index (Phi) is 5.69. The van der Waals surface area contributed by atoms with Crippen LogP contribution in [0.25, 0.3) is 16.9 Å². The van der Waals surface area contributed by atoms with E-state index in [9.17, 15) is 18.8 Å². The van der Waals surface area contributed by atoms with Crippen molar-refractivity contribution in [3.63, 3.8) is 0 Å². The summed E-state index contributed by atoms with van der Waals surface area (Å²) in [6, 6.07) is 5.38. The number of rotatable bonds is 7. The smallest absolute Gasteiger partial charge is 0.337 e. The lowest BCUT2D eigenvalue weighted by molar-refractivity contribution is -0.143. The van der Waals surface area contributed by atoms with E-state index in [-0.39, 0.29) is 43.2 Å². The minimum atomic E-state index is -0.679. The molecule has 0 aliphatic carbocycles. The number of carbonyl (C=O) groups excluding carboxylic acids is 1. The van der Waals surface area contributed by atoms with Crippen LogP contribution in [0.5, 0.6) is 0 Å².